The van der Waals surface area contributed by atoms with Crippen LogP contribution in [0.4, 0.5) is 11.4 Å². The van der Waals surface area contributed by atoms with Crippen molar-refractivity contribution in [2.45, 2.75) is 44.9 Å². The highest BCUT2D eigenvalue weighted by atomic mass is 16.2. The highest BCUT2D eigenvalue weighted by Gasteiger charge is 2.21. The monoisotopic (exact) mass is 376 g/mol. The molecule has 2 aromatic heterocycles. The summed E-state index contributed by atoms with van der Waals surface area (Å²) in [5, 5.41) is 5.89. The highest BCUT2D eigenvalue weighted by molar-refractivity contribution is 5.93. The molecular formula is C22H24N4O2. The van der Waals surface area contributed by atoms with Crippen molar-refractivity contribution in [2.75, 3.05) is 10.6 Å². The van der Waals surface area contributed by atoms with E-state index in [1.807, 2.05) is 41.1 Å². The number of hydrogen-bond acceptors (Lipinski definition) is 3. The summed E-state index contributed by atoms with van der Waals surface area (Å²) in [4.78, 5) is 28.3. The van der Waals surface area contributed by atoms with Gasteiger partial charge < -0.3 is 15.0 Å². The molecule has 3 aromatic rings. The summed E-state index contributed by atoms with van der Waals surface area (Å²) in [5.41, 5.74) is 4.55. The lowest BCUT2D eigenvalue weighted by atomic mass is 9.93. The number of amides is 2. The average Bonchev–Trinajstić information content (AvgIpc) is 3.33. The quantitative estimate of drug-likeness (QED) is 0.703. The molecule has 1 saturated carbocycles. The minimum atomic E-state index is -0.0698. The first kappa shape index (κ1) is 18.2. The van der Waals surface area contributed by atoms with Gasteiger partial charge in [-0.25, -0.2) is 4.98 Å². The molecule has 0 spiro atoms. The van der Waals surface area contributed by atoms with E-state index in [9.17, 15) is 9.59 Å². The van der Waals surface area contributed by atoms with Crippen molar-refractivity contribution in [1.82, 2.24) is 9.38 Å². The lowest BCUT2D eigenvalue weighted by molar-refractivity contribution is -0.116. The van der Waals surface area contributed by atoms with E-state index >= 15 is 0 Å². The molecule has 4 rings (SSSR count). The molecule has 0 aliphatic heterocycles. The third-order valence-corrected chi connectivity index (χ3v) is 5.26. The normalized spacial score (nSPS) is 14.3. The summed E-state index contributed by atoms with van der Waals surface area (Å²) < 4.78 is 1.87. The van der Waals surface area contributed by atoms with Crippen molar-refractivity contribution >= 4 is 28.8 Å². The summed E-state index contributed by atoms with van der Waals surface area (Å²) in [5.74, 6) is 0.317. The Balaban J connectivity index is 1.50. The number of imidazole rings is 1. The van der Waals surface area contributed by atoms with Crippen molar-refractivity contribution in [2.24, 2.45) is 0 Å². The molecule has 6 heteroatoms. The molecule has 0 radical (unpaired) electrons. The zero-order valence-electron chi connectivity index (χ0n) is 15.9. The van der Waals surface area contributed by atoms with Gasteiger partial charge in [-0.2, -0.15) is 0 Å². The molecule has 28 heavy (non-hydrogen) atoms. The van der Waals surface area contributed by atoms with Crippen molar-refractivity contribution in [3.05, 3.63) is 60.0 Å². The van der Waals surface area contributed by atoms with Gasteiger partial charge in [0.2, 0.25) is 11.8 Å². The van der Waals surface area contributed by atoms with E-state index in [0.717, 1.165) is 41.0 Å². The molecule has 1 fully saturated rings. The first-order valence-corrected chi connectivity index (χ1v) is 9.71. The van der Waals surface area contributed by atoms with Gasteiger partial charge >= 0.3 is 0 Å². The number of rotatable bonds is 5. The van der Waals surface area contributed by atoms with Crippen molar-refractivity contribution < 1.29 is 9.59 Å². The Hall–Kier alpha value is -3.15. The van der Waals surface area contributed by atoms with Crippen molar-refractivity contribution in [3.63, 3.8) is 0 Å². The van der Waals surface area contributed by atoms with Crippen molar-refractivity contribution in [1.29, 1.82) is 0 Å². The topological polar surface area (TPSA) is 75.5 Å². The Morgan fingerprint density at radius 1 is 1.14 bits per heavy atom. The minimum absolute atomic E-state index is 0.0656. The van der Waals surface area contributed by atoms with Gasteiger partial charge in [-0.1, -0.05) is 25.0 Å². The molecule has 2 N–H and O–H groups in total. The Kier molecular flexibility index (Phi) is 5.10. The van der Waals surface area contributed by atoms with Crippen LogP contribution in [-0.2, 0) is 16.0 Å². The number of nitrogens with zero attached hydrogens (tertiary/aromatic N) is 2. The van der Waals surface area contributed by atoms with Gasteiger partial charge in [0.1, 0.15) is 5.65 Å². The van der Waals surface area contributed by atoms with Crippen LogP contribution >= 0.6 is 0 Å². The summed E-state index contributed by atoms with van der Waals surface area (Å²) in [7, 11) is 0. The predicted octanol–water partition coefficient (Wildman–Crippen LogP) is 4.13. The van der Waals surface area contributed by atoms with Gasteiger partial charge in [-0.05, 0) is 48.1 Å². The molecule has 0 bridgehead atoms. The van der Waals surface area contributed by atoms with E-state index in [1.165, 1.54) is 19.8 Å². The first-order valence-electron chi connectivity index (χ1n) is 9.71. The zero-order chi connectivity index (χ0) is 19.5. The molecule has 0 saturated heterocycles. The van der Waals surface area contributed by atoms with Crippen LogP contribution in [0, 0.1) is 0 Å². The van der Waals surface area contributed by atoms with Crippen LogP contribution in [0.15, 0.2) is 48.9 Å². The second-order valence-corrected chi connectivity index (χ2v) is 7.42. The fourth-order valence-electron chi connectivity index (χ4n) is 3.98. The maximum absolute atomic E-state index is 12.5. The summed E-state index contributed by atoms with van der Waals surface area (Å²) in [6.45, 7) is 1.52. The largest absolute Gasteiger partial charge is 0.326 e. The number of fused-ring (bicyclic) bond motifs is 1. The smallest absolute Gasteiger partial charge is 0.228 e. The van der Waals surface area contributed by atoms with Gasteiger partial charge in [-0.3, -0.25) is 9.59 Å². The van der Waals surface area contributed by atoms with E-state index in [2.05, 4.69) is 21.7 Å². The number of anilines is 2. The van der Waals surface area contributed by atoms with E-state index in [0.29, 0.717) is 12.3 Å². The van der Waals surface area contributed by atoms with Gasteiger partial charge in [0, 0.05) is 31.2 Å². The van der Waals surface area contributed by atoms with E-state index in [-0.39, 0.29) is 11.8 Å². The Morgan fingerprint density at radius 3 is 2.75 bits per heavy atom. The summed E-state index contributed by atoms with van der Waals surface area (Å²) >= 11 is 0. The Labute approximate surface area is 164 Å². The maximum atomic E-state index is 12.5. The summed E-state index contributed by atoms with van der Waals surface area (Å²) in [6, 6.07) is 9.65. The number of aromatic nitrogens is 2. The second kappa shape index (κ2) is 7.84. The van der Waals surface area contributed by atoms with E-state index < -0.39 is 0 Å². The third kappa shape index (κ3) is 4.06. The van der Waals surface area contributed by atoms with Gasteiger partial charge in [-0.15, -0.1) is 0 Å². The third-order valence-electron chi connectivity index (χ3n) is 5.26. The molecular weight excluding hydrogens is 352 g/mol. The molecule has 6 nitrogen and oxygen atoms in total. The zero-order valence-corrected chi connectivity index (χ0v) is 15.9. The number of carbonyl (C=O) groups is 2. The van der Waals surface area contributed by atoms with Crippen LogP contribution in [0.2, 0.25) is 0 Å². The summed E-state index contributed by atoms with van der Waals surface area (Å²) in [6.07, 6.45) is 10.4. The number of carbonyl (C=O) groups excluding carboxylic acids is 2. The molecule has 1 aliphatic carbocycles. The van der Waals surface area contributed by atoms with E-state index in [4.69, 9.17) is 0 Å². The molecule has 0 atom stereocenters. The number of benzene rings is 1. The maximum Gasteiger partial charge on any atom is 0.228 e. The lowest BCUT2D eigenvalue weighted by Gasteiger charge is -2.17. The van der Waals surface area contributed by atoms with Crippen LogP contribution in [-0.4, -0.2) is 21.2 Å². The Bertz CT molecular complexity index is 1020. The van der Waals surface area contributed by atoms with Crippen LogP contribution in [0.5, 0.6) is 0 Å². The molecule has 0 unspecified atom stereocenters. The Morgan fingerprint density at radius 2 is 1.96 bits per heavy atom. The first-order chi connectivity index (χ1) is 13.6. The average molecular weight is 376 g/mol. The van der Waals surface area contributed by atoms with Crippen LogP contribution < -0.4 is 10.6 Å². The second-order valence-electron chi connectivity index (χ2n) is 7.42. The molecule has 1 aromatic carbocycles. The number of hydrogen-bond donors (Lipinski definition) is 2. The molecule has 144 valence electrons. The molecule has 2 heterocycles. The fourth-order valence-corrected chi connectivity index (χ4v) is 3.98. The van der Waals surface area contributed by atoms with Crippen LogP contribution in [0.3, 0.4) is 0 Å². The lowest BCUT2D eigenvalue weighted by Crippen LogP contribution is -2.15. The van der Waals surface area contributed by atoms with E-state index in [1.54, 1.807) is 6.20 Å². The van der Waals surface area contributed by atoms with Crippen molar-refractivity contribution in [3.8, 4) is 0 Å². The predicted molar refractivity (Wildman–Crippen MR) is 109 cm³/mol. The van der Waals surface area contributed by atoms with Gasteiger partial charge in [0.05, 0.1) is 12.1 Å². The molecule has 2 amide bonds. The molecule has 1 aliphatic rings. The number of pyridine rings is 1. The van der Waals surface area contributed by atoms with Gasteiger partial charge in [0.15, 0.2) is 0 Å². The SMILES string of the molecule is CC(=O)Nc1ccc(CC(=O)Nc2ccc3nccn3c2)cc1C1CCCC1. The standard InChI is InChI=1S/C22H24N4O2/c1-15(27)24-20-8-6-16(12-19(20)17-4-2-3-5-17)13-22(28)25-18-7-9-21-23-10-11-26(21)14-18/h6-12,14,17H,2-5,13H2,1H3,(H,24,27)(H,25,28). The van der Waals surface area contributed by atoms with Crippen LogP contribution in [0.25, 0.3) is 5.65 Å². The minimum Gasteiger partial charge on any atom is -0.326 e. The highest BCUT2D eigenvalue weighted by Crippen LogP contribution is 2.38. The fraction of sp³-hybridized carbons (Fsp3) is 0.318. The van der Waals surface area contributed by atoms with Crippen LogP contribution in [0.1, 0.15) is 49.7 Å². The number of nitrogens with one attached hydrogen (secondary N) is 2. The van der Waals surface area contributed by atoms with Gasteiger partial charge in [0.25, 0.3) is 0 Å².